The number of nitrogens with one attached hydrogen (secondary N) is 2. The number of ketones is 1. The molecule has 3 heterocycles. The number of rotatable bonds is 4. The van der Waals surface area contributed by atoms with Crippen molar-refractivity contribution in [3.05, 3.63) is 110 Å². The van der Waals surface area contributed by atoms with Crippen molar-refractivity contribution in [3.63, 3.8) is 0 Å². The Morgan fingerprint density at radius 2 is 1.76 bits per heavy atom. The zero-order valence-electron chi connectivity index (χ0n) is 18.6. The van der Waals surface area contributed by atoms with Crippen LogP contribution in [0, 0.1) is 0 Å². The van der Waals surface area contributed by atoms with Crippen LogP contribution in [-0.2, 0) is 4.79 Å². The maximum atomic E-state index is 13.7. The lowest BCUT2D eigenvalue weighted by molar-refractivity contribution is -0.116. The third-order valence-electron chi connectivity index (χ3n) is 6.70. The zero-order chi connectivity index (χ0) is 23.2. The summed E-state index contributed by atoms with van der Waals surface area (Å²) >= 11 is 1.68. The van der Waals surface area contributed by atoms with Gasteiger partial charge in [-0.2, -0.15) is 0 Å². The van der Waals surface area contributed by atoms with Crippen LogP contribution in [0.3, 0.4) is 0 Å². The maximum absolute atomic E-state index is 13.7. The maximum Gasteiger partial charge on any atom is 0.277 e. The van der Waals surface area contributed by atoms with E-state index < -0.39 is 5.92 Å². The van der Waals surface area contributed by atoms with E-state index in [4.69, 9.17) is 4.74 Å². The number of para-hydroxylation sites is 1. The number of nitrogens with zero attached hydrogens (tertiary/aromatic N) is 1. The SMILES string of the molecule is COc1ccc([C@H]2C3=C(C[C@H](c4cccs4)CC3=O)Nc3[nH]n(-c4ccccc4)c(=O)c32)cc1. The van der Waals surface area contributed by atoms with Gasteiger partial charge in [0.1, 0.15) is 11.6 Å². The lowest BCUT2D eigenvalue weighted by atomic mass is 9.74. The number of Topliss-reactive ketones (excluding diaryl/α,β-unsaturated/α-hetero) is 1. The summed E-state index contributed by atoms with van der Waals surface area (Å²) in [6, 6.07) is 21.2. The van der Waals surface area contributed by atoms with E-state index in [0.29, 0.717) is 23.4 Å². The largest absolute Gasteiger partial charge is 0.497 e. The van der Waals surface area contributed by atoms with Crippen molar-refractivity contribution in [2.24, 2.45) is 0 Å². The summed E-state index contributed by atoms with van der Waals surface area (Å²) in [5.74, 6) is 1.16. The number of aromatic amines is 1. The summed E-state index contributed by atoms with van der Waals surface area (Å²) < 4.78 is 6.88. The molecule has 6 rings (SSSR count). The van der Waals surface area contributed by atoms with Gasteiger partial charge in [0.2, 0.25) is 0 Å². The minimum Gasteiger partial charge on any atom is -0.497 e. The molecule has 0 bridgehead atoms. The van der Waals surface area contributed by atoms with E-state index >= 15 is 0 Å². The van der Waals surface area contributed by atoms with E-state index in [9.17, 15) is 9.59 Å². The molecule has 0 amide bonds. The molecule has 2 N–H and O–H groups in total. The fraction of sp³-hybridized carbons (Fsp3) is 0.185. The highest BCUT2D eigenvalue weighted by atomic mass is 32.1. The number of carbonyl (C=O) groups excluding carboxylic acids is 1. The van der Waals surface area contributed by atoms with Gasteiger partial charge in [-0.1, -0.05) is 36.4 Å². The van der Waals surface area contributed by atoms with Crippen LogP contribution >= 0.6 is 11.3 Å². The molecule has 0 fully saturated rings. The molecule has 1 aliphatic carbocycles. The molecule has 7 heteroatoms. The Kier molecular flexibility index (Phi) is 4.99. The van der Waals surface area contributed by atoms with Crippen LogP contribution in [0.4, 0.5) is 5.82 Å². The van der Waals surface area contributed by atoms with Crippen molar-refractivity contribution >= 4 is 22.9 Å². The summed E-state index contributed by atoms with van der Waals surface area (Å²) in [5, 5.41) is 8.75. The summed E-state index contributed by atoms with van der Waals surface area (Å²) in [6.07, 6.45) is 1.17. The van der Waals surface area contributed by atoms with Crippen LogP contribution in [0.25, 0.3) is 5.69 Å². The van der Waals surface area contributed by atoms with Gasteiger partial charge in [0, 0.05) is 34.4 Å². The molecule has 34 heavy (non-hydrogen) atoms. The number of hydrogen-bond donors (Lipinski definition) is 2. The van der Waals surface area contributed by atoms with E-state index in [2.05, 4.69) is 16.5 Å². The first kappa shape index (κ1) is 20.7. The molecular formula is C27H23N3O3S. The van der Waals surface area contributed by atoms with Crippen LogP contribution < -0.4 is 15.6 Å². The monoisotopic (exact) mass is 469 g/mol. The van der Waals surface area contributed by atoms with Crippen molar-refractivity contribution in [1.82, 2.24) is 9.78 Å². The Morgan fingerprint density at radius 1 is 0.971 bits per heavy atom. The number of fused-ring (bicyclic) bond motifs is 1. The molecule has 0 saturated carbocycles. The van der Waals surface area contributed by atoms with Gasteiger partial charge in [0.25, 0.3) is 5.56 Å². The number of allylic oxidation sites excluding steroid dienone is 2. The standard InChI is InChI=1S/C27H23N3O3S/c1-33-19-11-9-16(10-12-19)23-24-20(14-17(15-21(24)31)22-8-5-13-34-22)28-26-25(23)27(32)30(29-26)18-6-3-2-4-7-18/h2-13,17,23,28-29H,14-15H2,1H3/t17-,23-/m0/s1. The average molecular weight is 470 g/mol. The Bertz CT molecular complexity index is 1450. The molecule has 170 valence electrons. The highest BCUT2D eigenvalue weighted by Gasteiger charge is 2.41. The van der Waals surface area contributed by atoms with Gasteiger partial charge >= 0.3 is 0 Å². The molecule has 2 atom stereocenters. The zero-order valence-corrected chi connectivity index (χ0v) is 19.4. The number of methoxy groups -OCH3 is 1. The molecule has 0 saturated heterocycles. The Morgan fingerprint density at radius 3 is 2.47 bits per heavy atom. The van der Waals surface area contributed by atoms with E-state index in [1.807, 2.05) is 66.0 Å². The first-order valence-corrected chi connectivity index (χ1v) is 12.1. The number of hydrogen-bond acceptors (Lipinski definition) is 5. The van der Waals surface area contributed by atoms with Gasteiger partial charge in [-0.25, -0.2) is 4.68 Å². The van der Waals surface area contributed by atoms with Gasteiger partial charge in [-0.05, 0) is 47.7 Å². The summed E-state index contributed by atoms with van der Waals surface area (Å²) in [5.41, 5.74) is 3.64. The quantitative estimate of drug-likeness (QED) is 0.431. The van der Waals surface area contributed by atoms with Gasteiger partial charge in [0.05, 0.1) is 18.4 Å². The van der Waals surface area contributed by atoms with E-state index in [1.165, 1.54) is 4.88 Å². The second kappa shape index (κ2) is 8.18. The summed E-state index contributed by atoms with van der Waals surface area (Å²) in [6.45, 7) is 0. The third kappa shape index (κ3) is 3.31. The average Bonchev–Trinajstić information content (AvgIpc) is 3.52. The second-order valence-corrected chi connectivity index (χ2v) is 9.62. The molecule has 1 aliphatic heterocycles. The first-order valence-electron chi connectivity index (χ1n) is 11.2. The molecule has 6 nitrogen and oxygen atoms in total. The minimum atomic E-state index is -0.442. The minimum absolute atomic E-state index is 0.0884. The lowest BCUT2D eigenvalue weighted by Gasteiger charge is -2.34. The molecule has 4 aromatic rings. The summed E-state index contributed by atoms with van der Waals surface area (Å²) in [4.78, 5) is 28.5. The van der Waals surface area contributed by atoms with Crippen LogP contribution in [-0.4, -0.2) is 22.7 Å². The predicted octanol–water partition coefficient (Wildman–Crippen LogP) is 5.19. The van der Waals surface area contributed by atoms with Gasteiger partial charge in [-0.3, -0.25) is 14.7 Å². The van der Waals surface area contributed by atoms with Crippen LogP contribution in [0.5, 0.6) is 5.75 Å². The topological polar surface area (TPSA) is 76.1 Å². The number of benzene rings is 2. The first-order chi connectivity index (χ1) is 16.6. The van der Waals surface area contributed by atoms with Crippen molar-refractivity contribution in [1.29, 1.82) is 0 Å². The van der Waals surface area contributed by atoms with E-state index in [1.54, 1.807) is 23.1 Å². The smallest absolute Gasteiger partial charge is 0.277 e. The Labute approximate surface area is 200 Å². The fourth-order valence-corrected chi connectivity index (χ4v) is 5.94. The lowest BCUT2D eigenvalue weighted by Crippen LogP contribution is -2.31. The number of H-pyrrole nitrogens is 1. The molecule has 0 radical (unpaired) electrons. The molecule has 0 unspecified atom stereocenters. The van der Waals surface area contributed by atoms with Crippen LogP contribution in [0.1, 0.15) is 40.7 Å². The van der Waals surface area contributed by atoms with Gasteiger partial charge in [0.15, 0.2) is 5.78 Å². The highest BCUT2D eigenvalue weighted by molar-refractivity contribution is 7.10. The summed E-state index contributed by atoms with van der Waals surface area (Å²) in [7, 11) is 1.62. The van der Waals surface area contributed by atoms with E-state index in [-0.39, 0.29) is 17.3 Å². The Balaban J connectivity index is 1.52. The molecule has 2 aliphatic rings. The van der Waals surface area contributed by atoms with Crippen molar-refractivity contribution in [2.45, 2.75) is 24.7 Å². The molecule has 0 spiro atoms. The normalized spacial score (nSPS) is 19.4. The number of ether oxygens (including phenoxy) is 1. The highest BCUT2D eigenvalue weighted by Crippen LogP contribution is 2.47. The van der Waals surface area contributed by atoms with E-state index in [0.717, 1.165) is 29.1 Å². The van der Waals surface area contributed by atoms with Crippen LogP contribution in [0.2, 0.25) is 0 Å². The fourth-order valence-electron chi connectivity index (χ4n) is 5.11. The number of carbonyl (C=O) groups is 1. The van der Waals surface area contributed by atoms with Gasteiger partial charge in [-0.15, -0.1) is 11.3 Å². The van der Waals surface area contributed by atoms with Crippen molar-refractivity contribution in [3.8, 4) is 11.4 Å². The number of aromatic nitrogens is 2. The Hall–Kier alpha value is -3.84. The number of anilines is 1. The second-order valence-electron chi connectivity index (χ2n) is 8.64. The molecular weight excluding hydrogens is 446 g/mol. The third-order valence-corrected chi connectivity index (χ3v) is 7.73. The van der Waals surface area contributed by atoms with Crippen molar-refractivity contribution < 1.29 is 9.53 Å². The number of thiophene rings is 1. The predicted molar refractivity (Wildman–Crippen MR) is 133 cm³/mol. The molecule has 2 aromatic carbocycles. The van der Waals surface area contributed by atoms with Crippen LogP contribution in [0.15, 0.2) is 88.2 Å². The van der Waals surface area contributed by atoms with Gasteiger partial charge < -0.3 is 10.1 Å². The van der Waals surface area contributed by atoms with Crippen molar-refractivity contribution in [2.75, 3.05) is 12.4 Å². The molecule has 2 aromatic heterocycles.